The van der Waals surface area contributed by atoms with Gasteiger partial charge in [-0.25, -0.2) is 0 Å². The van der Waals surface area contributed by atoms with Gasteiger partial charge in [-0.15, -0.1) is 0 Å². The van der Waals surface area contributed by atoms with Crippen LogP contribution in [0.3, 0.4) is 0 Å². The number of halogens is 2. The molecule has 0 saturated heterocycles. The van der Waals surface area contributed by atoms with Crippen LogP contribution in [0.4, 0.5) is 0 Å². The smallest absolute Gasteiger partial charge is 0.306 e. The number of alkyl halides is 2. The number of carbonyl (C=O) groups is 2. The number of carbonyl (C=O) groups excluding carboxylic acids is 2. The van der Waals surface area contributed by atoms with Crippen molar-refractivity contribution in [2.75, 3.05) is 23.9 Å². The Kier molecular flexibility index (Phi) is 10.3. The highest BCUT2D eigenvalue weighted by Crippen LogP contribution is 1.95. The van der Waals surface area contributed by atoms with Crippen LogP contribution in [0, 0.1) is 0 Å². The summed E-state index contributed by atoms with van der Waals surface area (Å²) in [7, 11) is 0. The second kappa shape index (κ2) is 10.4. The predicted molar refractivity (Wildman–Crippen MR) is 63.4 cm³/mol. The Labute approximate surface area is 106 Å². The number of esters is 2. The Morgan fingerprint density at radius 2 is 1.27 bits per heavy atom. The Morgan fingerprint density at radius 3 is 1.60 bits per heavy atom. The summed E-state index contributed by atoms with van der Waals surface area (Å²) in [6, 6.07) is 0. The molecule has 0 aliphatic rings. The number of hydrogen-bond donors (Lipinski definition) is 0. The van der Waals surface area contributed by atoms with Gasteiger partial charge >= 0.3 is 11.9 Å². The summed E-state index contributed by atoms with van der Waals surface area (Å²) in [6.07, 6.45) is 1.27. The van der Waals surface area contributed by atoms with E-state index < -0.39 is 0 Å². The molecular weight excluding hydrogens is 332 g/mol. The van der Waals surface area contributed by atoms with Gasteiger partial charge in [0.25, 0.3) is 0 Å². The van der Waals surface area contributed by atoms with Crippen LogP contribution in [-0.2, 0) is 19.1 Å². The van der Waals surface area contributed by atoms with Crippen molar-refractivity contribution in [1.29, 1.82) is 0 Å². The molecule has 0 aliphatic heterocycles. The molecule has 0 atom stereocenters. The molecule has 0 aromatic heterocycles. The zero-order chi connectivity index (χ0) is 11.5. The minimum absolute atomic E-state index is 0.237. The summed E-state index contributed by atoms with van der Waals surface area (Å²) in [5, 5.41) is 1.21. The maximum atomic E-state index is 10.9. The van der Waals surface area contributed by atoms with E-state index >= 15 is 0 Å². The molecule has 0 saturated carbocycles. The molecule has 0 fully saturated rings. The van der Waals surface area contributed by atoms with Crippen molar-refractivity contribution >= 4 is 43.8 Å². The molecule has 0 N–H and O–H groups in total. The van der Waals surface area contributed by atoms with E-state index in [2.05, 4.69) is 31.9 Å². The van der Waals surface area contributed by atoms with Gasteiger partial charge in [0.15, 0.2) is 0 Å². The van der Waals surface area contributed by atoms with Crippen molar-refractivity contribution in [3.8, 4) is 0 Å². The largest absolute Gasteiger partial charge is 0.466 e. The Hall–Kier alpha value is -0.100. The molecule has 6 heteroatoms. The standard InChI is InChI=1S/C9H14Br2O4/c10-4-2-8(12)14-6-1-7-15-9(13)3-5-11/h1-7H2. The minimum atomic E-state index is -0.237. The highest BCUT2D eigenvalue weighted by molar-refractivity contribution is 9.09. The number of ether oxygens (including phenoxy) is 2. The van der Waals surface area contributed by atoms with Crippen LogP contribution >= 0.6 is 31.9 Å². The monoisotopic (exact) mass is 344 g/mol. The van der Waals surface area contributed by atoms with Crippen LogP contribution in [0.25, 0.3) is 0 Å². The van der Waals surface area contributed by atoms with Crippen LogP contribution in [0.2, 0.25) is 0 Å². The molecule has 0 spiro atoms. The summed E-state index contributed by atoms with van der Waals surface area (Å²) in [6.45, 7) is 0.598. The van der Waals surface area contributed by atoms with E-state index in [0.717, 1.165) is 0 Å². The first-order valence-electron chi connectivity index (χ1n) is 4.64. The molecule has 15 heavy (non-hydrogen) atoms. The summed E-state index contributed by atoms with van der Waals surface area (Å²) >= 11 is 6.27. The van der Waals surface area contributed by atoms with Crippen LogP contribution in [0.15, 0.2) is 0 Å². The summed E-state index contributed by atoms with van der Waals surface area (Å²) in [4.78, 5) is 21.8. The topological polar surface area (TPSA) is 52.6 Å². The molecule has 0 unspecified atom stereocenters. The first-order valence-corrected chi connectivity index (χ1v) is 6.88. The van der Waals surface area contributed by atoms with Crippen molar-refractivity contribution in [3.05, 3.63) is 0 Å². The van der Waals surface area contributed by atoms with E-state index in [0.29, 0.717) is 43.1 Å². The minimum Gasteiger partial charge on any atom is -0.466 e. The molecule has 0 aromatic carbocycles. The third-order valence-corrected chi connectivity index (χ3v) is 2.21. The normalized spacial score (nSPS) is 9.73. The molecule has 0 radical (unpaired) electrons. The second-order valence-electron chi connectivity index (χ2n) is 2.67. The van der Waals surface area contributed by atoms with Gasteiger partial charge in [-0.05, 0) is 0 Å². The van der Waals surface area contributed by atoms with E-state index in [4.69, 9.17) is 9.47 Å². The van der Waals surface area contributed by atoms with Gasteiger partial charge < -0.3 is 9.47 Å². The Morgan fingerprint density at radius 1 is 0.867 bits per heavy atom. The lowest BCUT2D eigenvalue weighted by molar-refractivity contribution is -0.145. The fourth-order valence-corrected chi connectivity index (χ4v) is 1.38. The summed E-state index contributed by atoms with van der Waals surface area (Å²) in [5.74, 6) is -0.475. The Balaban J connectivity index is 3.24. The van der Waals surface area contributed by atoms with Crippen molar-refractivity contribution in [2.45, 2.75) is 19.3 Å². The van der Waals surface area contributed by atoms with E-state index in [1.807, 2.05) is 0 Å². The van der Waals surface area contributed by atoms with E-state index in [-0.39, 0.29) is 11.9 Å². The van der Waals surface area contributed by atoms with Gasteiger partial charge in [0.1, 0.15) is 0 Å². The zero-order valence-corrected chi connectivity index (χ0v) is 11.5. The summed E-state index contributed by atoms with van der Waals surface area (Å²) < 4.78 is 9.71. The molecule has 0 bridgehead atoms. The predicted octanol–water partition coefficient (Wildman–Crippen LogP) is 2.03. The van der Waals surface area contributed by atoms with E-state index in [1.165, 1.54) is 0 Å². The Bertz CT molecular complexity index is 177. The lowest BCUT2D eigenvalue weighted by atomic mass is 10.4. The third kappa shape index (κ3) is 10.2. The van der Waals surface area contributed by atoms with Crippen LogP contribution < -0.4 is 0 Å². The average molecular weight is 346 g/mol. The highest BCUT2D eigenvalue weighted by Gasteiger charge is 2.02. The number of hydrogen-bond acceptors (Lipinski definition) is 4. The van der Waals surface area contributed by atoms with Gasteiger partial charge in [-0.2, -0.15) is 0 Å². The molecular formula is C9H14Br2O4. The maximum Gasteiger partial charge on any atom is 0.306 e. The van der Waals surface area contributed by atoms with Crippen molar-refractivity contribution in [2.24, 2.45) is 0 Å². The molecule has 0 heterocycles. The molecule has 0 aromatic rings. The third-order valence-electron chi connectivity index (χ3n) is 1.41. The van der Waals surface area contributed by atoms with Gasteiger partial charge in [0, 0.05) is 17.1 Å². The van der Waals surface area contributed by atoms with E-state index in [9.17, 15) is 9.59 Å². The van der Waals surface area contributed by atoms with E-state index in [1.54, 1.807) is 0 Å². The lowest BCUT2D eigenvalue weighted by Gasteiger charge is -2.04. The zero-order valence-electron chi connectivity index (χ0n) is 8.34. The van der Waals surface area contributed by atoms with Crippen molar-refractivity contribution in [3.63, 3.8) is 0 Å². The van der Waals surface area contributed by atoms with Gasteiger partial charge in [0.05, 0.1) is 26.1 Å². The number of rotatable bonds is 8. The fraction of sp³-hybridized carbons (Fsp3) is 0.778. The molecule has 88 valence electrons. The van der Waals surface area contributed by atoms with Crippen LogP contribution in [0.1, 0.15) is 19.3 Å². The SMILES string of the molecule is O=C(CCBr)OCCCOC(=O)CCBr. The maximum absolute atomic E-state index is 10.9. The quantitative estimate of drug-likeness (QED) is 0.384. The molecule has 0 amide bonds. The van der Waals surface area contributed by atoms with Crippen molar-refractivity contribution in [1.82, 2.24) is 0 Å². The molecule has 4 nitrogen and oxygen atoms in total. The average Bonchev–Trinajstić information content (AvgIpc) is 2.18. The van der Waals surface area contributed by atoms with Gasteiger partial charge in [0.2, 0.25) is 0 Å². The summed E-state index contributed by atoms with van der Waals surface area (Å²) in [5.41, 5.74) is 0. The molecule has 0 aliphatic carbocycles. The fourth-order valence-electron chi connectivity index (χ4n) is 0.730. The first kappa shape index (κ1) is 14.9. The lowest BCUT2D eigenvalue weighted by Crippen LogP contribution is -2.11. The highest BCUT2D eigenvalue weighted by atomic mass is 79.9. The van der Waals surface area contributed by atoms with Crippen LogP contribution in [-0.4, -0.2) is 35.8 Å². The second-order valence-corrected chi connectivity index (χ2v) is 4.26. The first-order chi connectivity index (χ1) is 7.20. The molecule has 0 rings (SSSR count). The van der Waals surface area contributed by atoms with Crippen LogP contribution in [0.5, 0.6) is 0 Å². The van der Waals surface area contributed by atoms with Gasteiger partial charge in [-0.3, -0.25) is 9.59 Å². The van der Waals surface area contributed by atoms with Crippen molar-refractivity contribution < 1.29 is 19.1 Å². The van der Waals surface area contributed by atoms with Gasteiger partial charge in [-0.1, -0.05) is 31.9 Å².